The van der Waals surface area contributed by atoms with Crippen molar-refractivity contribution in [2.45, 2.75) is 30.7 Å². The maximum atomic E-state index is 12.7. The van der Waals surface area contributed by atoms with Crippen molar-refractivity contribution in [2.75, 3.05) is 32.7 Å². The second kappa shape index (κ2) is 8.50. The van der Waals surface area contributed by atoms with E-state index in [9.17, 15) is 22.8 Å². The van der Waals surface area contributed by atoms with Crippen LogP contribution in [0.15, 0.2) is 29.2 Å². The van der Waals surface area contributed by atoms with Gasteiger partial charge < -0.3 is 5.32 Å². The van der Waals surface area contributed by atoms with Crippen molar-refractivity contribution < 1.29 is 22.8 Å². The molecule has 1 aromatic carbocycles. The lowest BCUT2D eigenvalue weighted by Gasteiger charge is -2.33. The molecule has 30 heavy (non-hydrogen) atoms. The highest BCUT2D eigenvalue weighted by Gasteiger charge is 2.47. The van der Waals surface area contributed by atoms with Crippen LogP contribution in [0.1, 0.15) is 20.3 Å². The average molecular weight is 458 g/mol. The minimum atomic E-state index is -3.64. The molecule has 0 saturated carbocycles. The summed E-state index contributed by atoms with van der Waals surface area (Å²) in [5.41, 5.74) is 1.30. The van der Waals surface area contributed by atoms with Gasteiger partial charge in [-0.05, 0) is 37.6 Å². The molecule has 1 atom stereocenters. The summed E-state index contributed by atoms with van der Waals surface area (Å²) in [4.78, 5) is 38.6. The van der Waals surface area contributed by atoms with Crippen LogP contribution in [0, 0.1) is 0 Å². The van der Waals surface area contributed by atoms with Gasteiger partial charge in [-0.25, -0.2) is 13.2 Å². The van der Waals surface area contributed by atoms with E-state index in [2.05, 4.69) is 10.7 Å². The Morgan fingerprint density at radius 1 is 1.17 bits per heavy atom. The molecule has 0 aliphatic carbocycles. The van der Waals surface area contributed by atoms with Gasteiger partial charge in [0, 0.05) is 31.2 Å². The maximum absolute atomic E-state index is 12.7. The number of halogens is 1. The number of sulfonamides is 1. The highest BCUT2D eigenvalue weighted by Crippen LogP contribution is 2.21. The second-order valence-electron chi connectivity index (χ2n) is 7.43. The number of nitrogens with one attached hydrogen (secondary N) is 2. The standard InChI is InChI=1S/C18H24ClN5O5S/c1-3-18(2)16(26)24(17(27)20-18)21-15(25)12-22-8-10-23(11-9-22)30(28,29)14-6-4-13(19)5-7-14/h4-7H,3,8-12H2,1-2H3,(H,20,27)(H,21,25)/t18-/m1/s1. The number of urea groups is 1. The molecule has 2 aliphatic rings. The van der Waals surface area contributed by atoms with Crippen molar-refractivity contribution in [3.63, 3.8) is 0 Å². The number of hydrazine groups is 1. The number of nitrogens with zero attached hydrogens (tertiary/aromatic N) is 3. The van der Waals surface area contributed by atoms with Crippen molar-refractivity contribution in [1.82, 2.24) is 25.0 Å². The lowest BCUT2D eigenvalue weighted by atomic mass is 10.00. The Kier molecular flexibility index (Phi) is 6.37. The number of amides is 4. The zero-order chi connectivity index (χ0) is 22.1. The quantitative estimate of drug-likeness (QED) is 0.597. The molecular weight excluding hydrogens is 434 g/mol. The first-order valence-electron chi connectivity index (χ1n) is 9.51. The van der Waals surface area contributed by atoms with E-state index in [0.717, 1.165) is 0 Å². The predicted octanol–water partition coefficient (Wildman–Crippen LogP) is 0.398. The fraction of sp³-hybridized carbons (Fsp3) is 0.500. The summed E-state index contributed by atoms with van der Waals surface area (Å²) in [6.45, 7) is 4.42. The highest BCUT2D eigenvalue weighted by atomic mass is 35.5. The number of carbonyl (C=O) groups is 3. The lowest BCUT2D eigenvalue weighted by molar-refractivity contribution is -0.139. The molecule has 0 unspecified atom stereocenters. The number of piperazine rings is 1. The van der Waals surface area contributed by atoms with Crippen LogP contribution in [0.5, 0.6) is 0 Å². The number of carbonyl (C=O) groups excluding carboxylic acids is 3. The van der Waals surface area contributed by atoms with Gasteiger partial charge in [0.25, 0.3) is 11.8 Å². The van der Waals surface area contributed by atoms with Crippen LogP contribution in [-0.4, -0.2) is 78.7 Å². The predicted molar refractivity (Wildman–Crippen MR) is 109 cm³/mol. The fourth-order valence-electron chi connectivity index (χ4n) is 3.27. The average Bonchev–Trinajstić information content (AvgIpc) is 2.92. The Labute approximate surface area is 180 Å². The maximum Gasteiger partial charge on any atom is 0.344 e. The van der Waals surface area contributed by atoms with Crippen LogP contribution >= 0.6 is 11.6 Å². The monoisotopic (exact) mass is 457 g/mol. The summed E-state index contributed by atoms with van der Waals surface area (Å²) in [5, 5.41) is 3.71. The van der Waals surface area contributed by atoms with E-state index in [1.54, 1.807) is 18.7 Å². The van der Waals surface area contributed by atoms with Crippen molar-refractivity contribution in [2.24, 2.45) is 0 Å². The summed E-state index contributed by atoms with van der Waals surface area (Å²) < 4.78 is 26.8. The Balaban J connectivity index is 1.53. The van der Waals surface area contributed by atoms with Gasteiger partial charge in [-0.1, -0.05) is 18.5 Å². The first-order chi connectivity index (χ1) is 14.1. The summed E-state index contributed by atoms with van der Waals surface area (Å²) in [5.74, 6) is -1.03. The summed E-state index contributed by atoms with van der Waals surface area (Å²) in [7, 11) is -3.64. The third-order valence-corrected chi connectivity index (χ3v) is 7.52. The van der Waals surface area contributed by atoms with E-state index in [1.165, 1.54) is 28.6 Å². The minimum absolute atomic E-state index is 0.0608. The molecule has 2 aliphatic heterocycles. The first-order valence-corrected chi connectivity index (χ1v) is 11.3. The minimum Gasteiger partial charge on any atom is -0.322 e. The van der Waals surface area contributed by atoms with E-state index < -0.39 is 33.4 Å². The summed E-state index contributed by atoms with van der Waals surface area (Å²) >= 11 is 5.82. The number of rotatable bonds is 6. The van der Waals surface area contributed by atoms with Crippen LogP contribution in [0.3, 0.4) is 0 Å². The van der Waals surface area contributed by atoms with E-state index in [1.807, 2.05) is 0 Å². The van der Waals surface area contributed by atoms with Gasteiger partial charge in [-0.3, -0.25) is 19.9 Å². The molecule has 0 aromatic heterocycles. The zero-order valence-electron chi connectivity index (χ0n) is 16.7. The molecule has 4 amide bonds. The molecule has 1 aromatic rings. The van der Waals surface area contributed by atoms with E-state index >= 15 is 0 Å². The fourth-order valence-corrected chi connectivity index (χ4v) is 4.82. The Hall–Kier alpha value is -2.21. The Bertz CT molecular complexity index is 946. The van der Waals surface area contributed by atoms with E-state index in [-0.39, 0.29) is 24.5 Å². The van der Waals surface area contributed by atoms with Crippen LogP contribution in [-0.2, 0) is 19.6 Å². The number of hydrogen-bond acceptors (Lipinski definition) is 6. The normalized spacial score (nSPS) is 23.5. The molecule has 10 nitrogen and oxygen atoms in total. The Morgan fingerprint density at radius 3 is 2.30 bits per heavy atom. The van der Waals surface area contributed by atoms with Crippen LogP contribution in [0.4, 0.5) is 4.79 Å². The molecule has 12 heteroatoms. The van der Waals surface area contributed by atoms with Crippen molar-refractivity contribution in [1.29, 1.82) is 0 Å². The van der Waals surface area contributed by atoms with Gasteiger partial charge >= 0.3 is 6.03 Å². The van der Waals surface area contributed by atoms with Gasteiger partial charge in [0.15, 0.2) is 0 Å². The lowest BCUT2D eigenvalue weighted by Crippen LogP contribution is -2.54. The second-order valence-corrected chi connectivity index (χ2v) is 9.80. The Morgan fingerprint density at radius 2 is 1.77 bits per heavy atom. The molecule has 164 valence electrons. The zero-order valence-corrected chi connectivity index (χ0v) is 18.3. The topological polar surface area (TPSA) is 119 Å². The van der Waals surface area contributed by atoms with Gasteiger partial charge in [0.05, 0.1) is 11.4 Å². The third-order valence-electron chi connectivity index (χ3n) is 5.35. The first kappa shape index (κ1) is 22.5. The molecule has 2 heterocycles. The van der Waals surface area contributed by atoms with Crippen molar-refractivity contribution in [3.05, 3.63) is 29.3 Å². The molecule has 0 spiro atoms. The van der Waals surface area contributed by atoms with Crippen molar-refractivity contribution in [3.8, 4) is 0 Å². The van der Waals surface area contributed by atoms with Gasteiger partial charge in [-0.2, -0.15) is 9.31 Å². The number of hydrogen-bond donors (Lipinski definition) is 2. The third kappa shape index (κ3) is 4.43. The highest BCUT2D eigenvalue weighted by molar-refractivity contribution is 7.89. The summed E-state index contributed by atoms with van der Waals surface area (Å²) in [6, 6.07) is 5.29. The molecule has 3 rings (SSSR count). The molecule has 2 N–H and O–H groups in total. The SMILES string of the molecule is CC[C@@]1(C)NC(=O)N(NC(=O)CN2CCN(S(=O)(=O)c3ccc(Cl)cc3)CC2)C1=O. The summed E-state index contributed by atoms with van der Waals surface area (Å²) in [6.07, 6.45) is 0.397. The number of imide groups is 1. The number of benzene rings is 1. The largest absolute Gasteiger partial charge is 0.344 e. The van der Waals surface area contributed by atoms with Gasteiger partial charge in [0.2, 0.25) is 10.0 Å². The van der Waals surface area contributed by atoms with Crippen LogP contribution < -0.4 is 10.7 Å². The smallest absolute Gasteiger partial charge is 0.322 e. The molecular formula is C18H24ClN5O5S. The van der Waals surface area contributed by atoms with E-state index in [0.29, 0.717) is 29.5 Å². The van der Waals surface area contributed by atoms with Gasteiger partial charge in [-0.15, -0.1) is 0 Å². The van der Waals surface area contributed by atoms with E-state index in [4.69, 9.17) is 11.6 Å². The van der Waals surface area contributed by atoms with Gasteiger partial charge in [0.1, 0.15) is 5.54 Å². The molecule has 0 radical (unpaired) electrons. The van der Waals surface area contributed by atoms with Crippen LogP contribution in [0.25, 0.3) is 0 Å². The molecule has 0 bridgehead atoms. The molecule has 2 fully saturated rings. The van der Waals surface area contributed by atoms with Crippen molar-refractivity contribution >= 4 is 39.5 Å². The van der Waals surface area contributed by atoms with Crippen LogP contribution in [0.2, 0.25) is 5.02 Å². The molecule has 2 saturated heterocycles.